The quantitative estimate of drug-likeness (QED) is 0.922. The third-order valence-corrected chi connectivity index (χ3v) is 3.98. The van der Waals surface area contributed by atoms with Crippen LogP contribution in [0.1, 0.15) is 16.6 Å². The van der Waals surface area contributed by atoms with E-state index in [1.54, 1.807) is 32.0 Å². The standard InChI is InChI=1S/C11H15BrN2O2S/c1-7(10(15)13-2)6-14(3)11(16)8-4-5-9(12)17-8/h4-5,7H,6H2,1-3H3,(H,13,15). The first-order valence-electron chi connectivity index (χ1n) is 5.18. The van der Waals surface area contributed by atoms with Crippen LogP contribution in [-0.2, 0) is 4.79 Å². The molecule has 1 atom stereocenters. The van der Waals surface area contributed by atoms with Crippen LogP contribution in [0.25, 0.3) is 0 Å². The first-order valence-corrected chi connectivity index (χ1v) is 6.79. The monoisotopic (exact) mass is 318 g/mol. The molecule has 6 heteroatoms. The Morgan fingerprint density at radius 3 is 2.65 bits per heavy atom. The highest BCUT2D eigenvalue weighted by atomic mass is 79.9. The van der Waals surface area contributed by atoms with Gasteiger partial charge in [0.1, 0.15) is 0 Å². The highest BCUT2D eigenvalue weighted by Gasteiger charge is 2.19. The Morgan fingerprint density at radius 2 is 2.18 bits per heavy atom. The number of rotatable bonds is 4. The number of carbonyl (C=O) groups excluding carboxylic acids is 2. The van der Waals surface area contributed by atoms with Crippen LogP contribution in [0.4, 0.5) is 0 Å². The highest BCUT2D eigenvalue weighted by Crippen LogP contribution is 2.23. The summed E-state index contributed by atoms with van der Waals surface area (Å²) in [6, 6.07) is 3.62. The van der Waals surface area contributed by atoms with Crippen molar-refractivity contribution < 1.29 is 9.59 Å². The van der Waals surface area contributed by atoms with E-state index in [1.165, 1.54) is 11.3 Å². The fourth-order valence-electron chi connectivity index (χ4n) is 1.44. The number of hydrogen-bond acceptors (Lipinski definition) is 3. The Labute approximate surface area is 113 Å². The van der Waals surface area contributed by atoms with E-state index in [2.05, 4.69) is 21.2 Å². The zero-order valence-electron chi connectivity index (χ0n) is 9.99. The smallest absolute Gasteiger partial charge is 0.263 e. The van der Waals surface area contributed by atoms with Crippen molar-refractivity contribution in [2.75, 3.05) is 20.6 Å². The van der Waals surface area contributed by atoms with Crippen LogP contribution in [0.2, 0.25) is 0 Å². The van der Waals surface area contributed by atoms with Crippen LogP contribution < -0.4 is 5.32 Å². The number of nitrogens with one attached hydrogen (secondary N) is 1. The molecule has 0 bridgehead atoms. The van der Waals surface area contributed by atoms with Crippen molar-refractivity contribution in [3.63, 3.8) is 0 Å². The molecule has 1 rings (SSSR count). The summed E-state index contributed by atoms with van der Waals surface area (Å²) in [4.78, 5) is 25.6. The second kappa shape index (κ2) is 6.16. The predicted molar refractivity (Wildman–Crippen MR) is 72.2 cm³/mol. The second-order valence-electron chi connectivity index (χ2n) is 3.80. The highest BCUT2D eigenvalue weighted by molar-refractivity contribution is 9.11. The molecule has 0 aliphatic heterocycles. The van der Waals surface area contributed by atoms with Gasteiger partial charge in [-0.15, -0.1) is 11.3 Å². The van der Waals surface area contributed by atoms with Gasteiger partial charge in [-0.3, -0.25) is 9.59 Å². The molecule has 0 spiro atoms. The predicted octanol–water partition coefficient (Wildman–Crippen LogP) is 1.96. The number of amides is 2. The minimum absolute atomic E-state index is 0.0583. The van der Waals surface area contributed by atoms with E-state index in [1.807, 2.05) is 6.07 Å². The molecule has 0 aliphatic rings. The van der Waals surface area contributed by atoms with Crippen LogP contribution in [-0.4, -0.2) is 37.4 Å². The molecular formula is C11H15BrN2O2S. The largest absolute Gasteiger partial charge is 0.359 e. The number of thiophene rings is 1. The molecule has 17 heavy (non-hydrogen) atoms. The van der Waals surface area contributed by atoms with E-state index in [0.717, 1.165) is 3.79 Å². The molecule has 0 fully saturated rings. The fraction of sp³-hybridized carbons (Fsp3) is 0.455. The summed E-state index contributed by atoms with van der Waals surface area (Å²) in [6.45, 7) is 2.21. The van der Waals surface area contributed by atoms with E-state index < -0.39 is 0 Å². The van der Waals surface area contributed by atoms with Crippen molar-refractivity contribution in [1.29, 1.82) is 0 Å². The summed E-state index contributed by atoms with van der Waals surface area (Å²) in [5, 5.41) is 2.57. The molecule has 1 aromatic rings. The summed E-state index contributed by atoms with van der Waals surface area (Å²) < 4.78 is 0.925. The van der Waals surface area contributed by atoms with Crippen molar-refractivity contribution >= 4 is 39.1 Å². The van der Waals surface area contributed by atoms with E-state index in [-0.39, 0.29) is 17.7 Å². The topological polar surface area (TPSA) is 49.4 Å². The maximum atomic E-state index is 12.0. The number of carbonyl (C=O) groups is 2. The van der Waals surface area contributed by atoms with Gasteiger partial charge >= 0.3 is 0 Å². The average Bonchev–Trinajstić information content (AvgIpc) is 2.73. The van der Waals surface area contributed by atoms with Gasteiger partial charge in [0.25, 0.3) is 5.91 Å². The molecular weight excluding hydrogens is 304 g/mol. The Bertz CT molecular complexity index is 419. The summed E-state index contributed by atoms with van der Waals surface area (Å²) in [5.74, 6) is -0.328. The first kappa shape index (κ1) is 14.2. The SMILES string of the molecule is CNC(=O)C(C)CN(C)C(=O)c1ccc(Br)s1. The molecule has 0 radical (unpaired) electrons. The molecule has 94 valence electrons. The Morgan fingerprint density at radius 1 is 1.53 bits per heavy atom. The van der Waals surface area contributed by atoms with Gasteiger partial charge in [0, 0.05) is 20.6 Å². The molecule has 1 unspecified atom stereocenters. The minimum Gasteiger partial charge on any atom is -0.359 e. The van der Waals surface area contributed by atoms with Gasteiger partial charge < -0.3 is 10.2 Å². The van der Waals surface area contributed by atoms with Crippen LogP contribution in [0.15, 0.2) is 15.9 Å². The van der Waals surface area contributed by atoms with Crippen LogP contribution in [0.5, 0.6) is 0 Å². The molecule has 1 aromatic heterocycles. The maximum Gasteiger partial charge on any atom is 0.263 e. The van der Waals surface area contributed by atoms with E-state index >= 15 is 0 Å². The van der Waals surface area contributed by atoms with Gasteiger partial charge in [0.2, 0.25) is 5.91 Å². The van der Waals surface area contributed by atoms with Crippen LogP contribution in [0, 0.1) is 5.92 Å². The van der Waals surface area contributed by atoms with Gasteiger partial charge in [0.15, 0.2) is 0 Å². The zero-order chi connectivity index (χ0) is 13.0. The summed E-state index contributed by atoms with van der Waals surface area (Å²) in [6.07, 6.45) is 0. The van der Waals surface area contributed by atoms with E-state index in [0.29, 0.717) is 11.4 Å². The molecule has 1 N–H and O–H groups in total. The van der Waals surface area contributed by atoms with Crippen LogP contribution in [0.3, 0.4) is 0 Å². The van der Waals surface area contributed by atoms with Gasteiger partial charge in [-0.1, -0.05) is 6.92 Å². The lowest BCUT2D eigenvalue weighted by atomic mass is 10.1. The van der Waals surface area contributed by atoms with Crippen molar-refractivity contribution in [2.45, 2.75) is 6.92 Å². The Hall–Kier alpha value is -0.880. The van der Waals surface area contributed by atoms with Crippen molar-refractivity contribution in [2.24, 2.45) is 5.92 Å². The molecule has 0 saturated carbocycles. The van der Waals surface area contributed by atoms with Gasteiger partial charge in [-0.05, 0) is 28.1 Å². The van der Waals surface area contributed by atoms with Gasteiger partial charge in [-0.25, -0.2) is 0 Å². The second-order valence-corrected chi connectivity index (χ2v) is 6.27. The third kappa shape index (κ3) is 3.81. The van der Waals surface area contributed by atoms with Crippen molar-refractivity contribution in [3.8, 4) is 0 Å². The molecule has 1 heterocycles. The lowest BCUT2D eigenvalue weighted by Gasteiger charge is -2.20. The van der Waals surface area contributed by atoms with Crippen molar-refractivity contribution in [3.05, 3.63) is 20.8 Å². The van der Waals surface area contributed by atoms with E-state index in [9.17, 15) is 9.59 Å². The molecule has 2 amide bonds. The van der Waals surface area contributed by atoms with Crippen molar-refractivity contribution in [1.82, 2.24) is 10.2 Å². The molecule has 4 nitrogen and oxygen atoms in total. The Kier molecular flexibility index (Phi) is 5.14. The summed E-state index contributed by atoms with van der Waals surface area (Å²) >= 11 is 4.71. The Balaban J connectivity index is 2.62. The average molecular weight is 319 g/mol. The number of nitrogens with zero attached hydrogens (tertiary/aromatic N) is 1. The molecule has 0 saturated heterocycles. The zero-order valence-corrected chi connectivity index (χ0v) is 12.4. The molecule has 0 aromatic carbocycles. The fourth-order valence-corrected chi connectivity index (χ4v) is 2.82. The number of hydrogen-bond donors (Lipinski definition) is 1. The number of halogens is 1. The van der Waals surface area contributed by atoms with Crippen LogP contribution >= 0.6 is 27.3 Å². The lowest BCUT2D eigenvalue weighted by Crippen LogP contribution is -2.37. The van der Waals surface area contributed by atoms with E-state index in [4.69, 9.17) is 0 Å². The molecule has 0 aliphatic carbocycles. The maximum absolute atomic E-state index is 12.0. The summed E-state index contributed by atoms with van der Waals surface area (Å²) in [5.41, 5.74) is 0. The first-order chi connectivity index (χ1) is 7.95. The minimum atomic E-state index is -0.211. The summed E-state index contributed by atoms with van der Waals surface area (Å²) in [7, 11) is 3.30. The third-order valence-electron chi connectivity index (χ3n) is 2.37. The van der Waals surface area contributed by atoms with Gasteiger partial charge in [0.05, 0.1) is 14.6 Å². The van der Waals surface area contributed by atoms with Gasteiger partial charge in [-0.2, -0.15) is 0 Å². The normalized spacial score (nSPS) is 12.0. The lowest BCUT2D eigenvalue weighted by molar-refractivity contribution is -0.124.